The van der Waals surface area contributed by atoms with Gasteiger partial charge in [-0.2, -0.15) is 0 Å². The molecule has 23 heavy (non-hydrogen) atoms. The second-order valence-electron chi connectivity index (χ2n) is 6.92. The Hall–Kier alpha value is -1.85. The van der Waals surface area contributed by atoms with Crippen molar-refractivity contribution in [2.45, 2.75) is 71.0 Å². The molecule has 2 amide bonds. The van der Waals surface area contributed by atoms with Gasteiger partial charge in [0, 0.05) is 32.1 Å². The summed E-state index contributed by atoms with van der Waals surface area (Å²) in [6.45, 7) is 4.24. The van der Waals surface area contributed by atoms with E-state index in [1.807, 2.05) is 13.1 Å². The highest BCUT2D eigenvalue weighted by atomic mass is 16.2. The first-order valence-electron chi connectivity index (χ1n) is 8.63. The minimum absolute atomic E-state index is 0.0302. The fraction of sp³-hybridized carbons (Fsp3) is 0.706. The molecule has 1 aromatic heterocycles. The van der Waals surface area contributed by atoms with Crippen LogP contribution in [-0.4, -0.2) is 33.4 Å². The summed E-state index contributed by atoms with van der Waals surface area (Å²) in [5, 5.41) is 6.01. The molecule has 2 aliphatic rings. The van der Waals surface area contributed by atoms with E-state index in [1.165, 1.54) is 6.92 Å². The second kappa shape index (κ2) is 6.72. The summed E-state index contributed by atoms with van der Waals surface area (Å²) < 4.78 is 2.13. The van der Waals surface area contributed by atoms with Crippen molar-refractivity contribution in [1.82, 2.24) is 20.2 Å². The Labute approximate surface area is 137 Å². The van der Waals surface area contributed by atoms with Crippen LogP contribution >= 0.6 is 0 Å². The summed E-state index contributed by atoms with van der Waals surface area (Å²) in [5.74, 6) is 1.21. The predicted octanol–water partition coefficient (Wildman–Crippen LogP) is 1.32. The lowest BCUT2D eigenvalue weighted by Gasteiger charge is -2.29. The number of hydrogen-bond donors (Lipinski definition) is 2. The number of aromatic nitrogens is 2. The number of aryl methyl sites for hydroxylation is 2. The molecule has 6 heteroatoms. The zero-order chi connectivity index (χ0) is 16.4. The van der Waals surface area contributed by atoms with Crippen LogP contribution < -0.4 is 10.6 Å². The van der Waals surface area contributed by atoms with E-state index >= 15 is 0 Å². The molecule has 0 aromatic carbocycles. The molecule has 1 aliphatic carbocycles. The first-order chi connectivity index (χ1) is 11.0. The molecule has 126 valence electrons. The van der Waals surface area contributed by atoms with Gasteiger partial charge in [-0.05, 0) is 32.1 Å². The molecule has 0 unspecified atom stereocenters. The molecular formula is C17H26N4O2. The highest BCUT2D eigenvalue weighted by Gasteiger charge is 2.33. The van der Waals surface area contributed by atoms with E-state index in [2.05, 4.69) is 20.2 Å². The molecule has 1 aliphatic heterocycles. The average Bonchev–Trinajstić information content (AvgIpc) is 3.12. The van der Waals surface area contributed by atoms with Gasteiger partial charge in [0.05, 0.1) is 5.69 Å². The van der Waals surface area contributed by atoms with Gasteiger partial charge in [-0.15, -0.1) is 0 Å². The molecule has 0 bridgehead atoms. The average molecular weight is 318 g/mol. The number of nitrogens with zero attached hydrogens (tertiary/aromatic N) is 2. The molecular weight excluding hydrogens is 292 g/mol. The van der Waals surface area contributed by atoms with E-state index in [-0.39, 0.29) is 29.8 Å². The smallest absolute Gasteiger partial charge is 0.243 e. The van der Waals surface area contributed by atoms with Crippen LogP contribution in [0.4, 0.5) is 0 Å². The molecule has 0 saturated heterocycles. The van der Waals surface area contributed by atoms with Crippen LogP contribution in [0.1, 0.15) is 50.5 Å². The fourth-order valence-corrected chi connectivity index (χ4v) is 3.90. The highest BCUT2D eigenvalue weighted by molar-refractivity contribution is 5.87. The van der Waals surface area contributed by atoms with E-state index in [0.29, 0.717) is 0 Å². The van der Waals surface area contributed by atoms with Gasteiger partial charge in [0.1, 0.15) is 11.9 Å². The van der Waals surface area contributed by atoms with Crippen LogP contribution in [0.15, 0.2) is 6.20 Å². The molecule has 2 heterocycles. The monoisotopic (exact) mass is 318 g/mol. The van der Waals surface area contributed by atoms with Crippen molar-refractivity contribution in [2.24, 2.45) is 5.92 Å². The highest BCUT2D eigenvalue weighted by Crippen LogP contribution is 2.28. The quantitative estimate of drug-likeness (QED) is 0.879. The Morgan fingerprint density at radius 1 is 1.30 bits per heavy atom. The topological polar surface area (TPSA) is 76.0 Å². The fourth-order valence-electron chi connectivity index (χ4n) is 3.90. The number of rotatable bonds is 4. The molecule has 1 fully saturated rings. The zero-order valence-electron chi connectivity index (χ0n) is 14.0. The maximum Gasteiger partial charge on any atom is 0.243 e. The van der Waals surface area contributed by atoms with Crippen LogP contribution in [0.5, 0.6) is 0 Å². The van der Waals surface area contributed by atoms with Gasteiger partial charge in [-0.1, -0.05) is 12.8 Å². The number of imidazole rings is 1. The molecule has 0 spiro atoms. The van der Waals surface area contributed by atoms with E-state index in [0.717, 1.165) is 56.6 Å². The molecule has 3 rings (SSSR count). The van der Waals surface area contributed by atoms with Crippen molar-refractivity contribution >= 4 is 11.8 Å². The lowest BCUT2D eigenvalue weighted by atomic mass is 9.96. The molecule has 0 radical (unpaired) electrons. The van der Waals surface area contributed by atoms with Crippen molar-refractivity contribution < 1.29 is 9.59 Å². The van der Waals surface area contributed by atoms with Gasteiger partial charge in [-0.25, -0.2) is 4.98 Å². The summed E-state index contributed by atoms with van der Waals surface area (Å²) in [7, 11) is 0. The lowest BCUT2D eigenvalue weighted by molar-refractivity contribution is -0.130. The van der Waals surface area contributed by atoms with E-state index < -0.39 is 0 Å². The minimum Gasteiger partial charge on any atom is -0.350 e. The molecule has 2 atom stereocenters. The number of carbonyl (C=O) groups is 2. The number of fused-ring (bicyclic) bond motifs is 1. The summed E-state index contributed by atoms with van der Waals surface area (Å²) >= 11 is 0. The van der Waals surface area contributed by atoms with Gasteiger partial charge in [0.2, 0.25) is 11.8 Å². The Bertz CT molecular complexity index is 589. The summed E-state index contributed by atoms with van der Waals surface area (Å²) in [4.78, 5) is 28.7. The predicted molar refractivity (Wildman–Crippen MR) is 86.8 cm³/mol. The van der Waals surface area contributed by atoms with Crippen molar-refractivity contribution in [3.05, 3.63) is 17.7 Å². The van der Waals surface area contributed by atoms with Gasteiger partial charge < -0.3 is 15.2 Å². The maximum absolute atomic E-state index is 12.7. The summed E-state index contributed by atoms with van der Waals surface area (Å²) in [6.07, 6.45) is 8.16. The third kappa shape index (κ3) is 3.74. The molecule has 1 aromatic rings. The molecule has 2 N–H and O–H groups in total. The maximum atomic E-state index is 12.7. The van der Waals surface area contributed by atoms with E-state index in [4.69, 9.17) is 0 Å². The van der Waals surface area contributed by atoms with Crippen LogP contribution in [0.2, 0.25) is 0 Å². The van der Waals surface area contributed by atoms with Gasteiger partial charge >= 0.3 is 0 Å². The zero-order valence-corrected chi connectivity index (χ0v) is 14.0. The minimum atomic E-state index is -0.388. The van der Waals surface area contributed by atoms with Crippen molar-refractivity contribution in [3.8, 4) is 0 Å². The largest absolute Gasteiger partial charge is 0.350 e. The van der Waals surface area contributed by atoms with Gasteiger partial charge in [0.25, 0.3) is 0 Å². The lowest BCUT2D eigenvalue weighted by Crippen LogP contribution is -2.53. The SMILES string of the molecule is CC(=O)N[C@H](C(=O)N[C@H]1CCc2nc(C)cn2C1)C1CCCC1. The van der Waals surface area contributed by atoms with E-state index in [9.17, 15) is 9.59 Å². The molecule has 6 nitrogen and oxygen atoms in total. The summed E-state index contributed by atoms with van der Waals surface area (Å²) in [6, 6.07) is -0.276. The number of hydrogen-bond acceptors (Lipinski definition) is 3. The Balaban J connectivity index is 1.63. The van der Waals surface area contributed by atoms with Gasteiger partial charge in [0.15, 0.2) is 0 Å². The van der Waals surface area contributed by atoms with Crippen molar-refractivity contribution in [2.75, 3.05) is 0 Å². The summed E-state index contributed by atoms with van der Waals surface area (Å²) in [5.41, 5.74) is 1.02. The van der Waals surface area contributed by atoms with Crippen LogP contribution in [0.25, 0.3) is 0 Å². The van der Waals surface area contributed by atoms with Crippen LogP contribution in [0, 0.1) is 12.8 Å². The first kappa shape index (κ1) is 16.0. The van der Waals surface area contributed by atoms with Crippen LogP contribution in [-0.2, 0) is 22.6 Å². The normalized spacial score (nSPS) is 22.4. The molecule has 1 saturated carbocycles. The van der Waals surface area contributed by atoms with Crippen molar-refractivity contribution in [1.29, 1.82) is 0 Å². The number of carbonyl (C=O) groups excluding carboxylic acids is 2. The van der Waals surface area contributed by atoms with Crippen molar-refractivity contribution in [3.63, 3.8) is 0 Å². The standard InChI is InChI=1S/C17H26N4O2/c1-11-9-21-10-14(7-8-15(21)18-11)20-17(23)16(19-12(2)22)13-5-3-4-6-13/h9,13-14,16H,3-8,10H2,1-2H3,(H,19,22)(H,20,23)/t14-,16-/m0/s1. The third-order valence-corrected chi connectivity index (χ3v) is 4.97. The third-order valence-electron chi connectivity index (χ3n) is 4.97. The van der Waals surface area contributed by atoms with Gasteiger partial charge in [-0.3, -0.25) is 9.59 Å². The van der Waals surface area contributed by atoms with E-state index in [1.54, 1.807) is 0 Å². The first-order valence-corrected chi connectivity index (χ1v) is 8.63. The number of nitrogens with one attached hydrogen (secondary N) is 2. The number of amides is 2. The Morgan fingerprint density at radius 3 is 2.74 bits per heavy atom. The second-order valence-corrected chi connectivity index (χ2v) is 6.92. The Morgan fingerprint density at radius 2 is 2.04 bits per heavy atom. The Kier molecular flexibility index (Phi) is 4.68. The van der Waals surface area contributed by atoms with Crippen LogP contribution in [0.3, 0.4) is 0 Å².